The van der Waals surface area contributed by atoms with E-state index in [-0.39, 0.29) is 40.5 Å². The van der Waals surface area contributed by atoms with Crippen LogP contribution in [-0.2, 0) is 38.4 Å². The molecule has 324 valence electrons. The van der Waals surface area contributed by atoms with Gasteiger partial charge in [-0.2, -0.15) is 0 Å². The van der Waals surface area contributed by atoms with Crippen molar-refractivity contribution in [2.45, 2.75) is 169 Å². The third-order valence-corrected chi connectivity index (χ3v) is 18.8. The average molecular weight is 819 g/mol. The van der Waals surface area contributed by atoms with Crippen molar-refractivity contribution in [2.75, 3.05) is 13.2 Å². The zero-order chi connectivity index (χ0) is 42.5. The molecule has 2 saturated heterocycles. The largest absolute Gasteiger partial charge is 0.392 e. The number of nitrogens with zero attached hydrogens (tertiary/aromatic N) is 1. The molecule has 0 bridgehead atoms. The van der Waals surface area contributed by atoms with E-state index in [2.05, 4.69) is 88.6 Å². The van der Waals surface area contributed by atoms with Crippen LogP contribution in [-0.4, -0.2) is 68.5 Å². The van der Waals surface area contributed by atoms with E-state index in [1.807, 2.05) is 13.8 Å². The third kappa shape index (κ3) is 5.81. The van der Waals surface area contributed by atoms with E-state index >= 15 is 4.79 Å². The van der Waals surface area contributed by atoms with Crippen LogP contribution in [0.4, 0.5) is 0 Å². The molecule has 0 radical (unpaired) electrons. The van der Waals surface area contributed by atoms with E-state index in [9.17, 15) is 15.0 Å². The summed E-state index contributed by atoms with van der Waals surface area (Å²) in [5.74, 6) is 0.818. The Bertz CT molecular complexity index is 2310. The second-order valence-corrected chi connectivity index (χ2v) is 23.1. The number of aromatic amines is 1. The van der Waals surface area contributed by atoms with Crippen LogP contribution >= 0.6 is 0 Å². The lowest BCUT2D eigenvalue weighted by Gasteiger charge is -2.70. The van der Waals surface area contributed by atoms with Crippen molar-refractivity contribution < 1.29 is 29.3 Å². The van der Waals surface area contributed by atoms with Gasteiger partial charge < -0.3 is 29.2 Å². The quantitative estimate of drug-likeness (QED) is 0.214. The number of aromatic nitrogens is 2. The number of aliphatic hydroxyl groups excluding tert-OH is 2. The highest BCUT2D eigenvalue weighted by Gasteiger charge is 2.72. The van der Waals surface area contributed by atoms with Gasteiger partial charge in [0.2, 0.25) is 0 Å². The molecule has 8 nitrogen and oxygen atoms in total. The normalized spacial score (nSPS) is 39.0. The minimum Gasteiger partial charge on any atom is -0.392 e. The summed E-state index contributed by atoms with van der Waals surface area (Å²) in [6, 6.07) is 7.11. The van der Waals surface area contributed by atoms with Gasteiger partial charge >= 0.3 is 0 Å². The molecule has 10 atom stereocenters. The summed E-state index contributed by atoms with van der Waals surface area (Å²) in [7, 11) is 0. The summed E-state index contributed by atoms with van der Waals surface area (Å²) < 4.78 is 14.2. The fourth-order valence-electron chi connectivity index (χ4n) is 15.6. The van der Waals surface area contributed by atoms with Gasteiger partial charge in [0.05, 0.1) is 28.8 Å². The van der Waals surface area contributed by atoms with Crippen LogP contribution in [0.3, 0.4) is 0 Å². The highest BCUT2D eigenvalue weighted by atomic mass is 16.6. The molecule has 1 aromatic carbocycles. The first-order valence-corrected chi connectivity index (χ1v) is 23.4. The number of H-pyrrole nitrogens is 1. The Kier molecular flexibility index (Phi) is 9.21. The zero-order valence-corrected chi connectivity index (χ0v) is 37.8. The van der Waals surface area contributed by atoms with Gasteiger partial charge in [0.1, 0.15) is 11.9 Å². The van der Waals surface area contributed by atoms with Gasteiger partial charge in [0.15, 0.2) is 5.78 Å². The van der Waals surface area contributed by atoms with Crippen molar-refractivity contribution in [1.29, 1.82) is 0 Å². The van der Waals surface area contributed by atoms with Crippen molar-refractivity contribution >= 4 is 22.6 Å². The van der Waals surface area contributed by atoms with Gasteiger partial charge in [-0.15, -0.1) is 0 Å². The molecule has 3 N–H and O–H groups in total. The maximum absolute atomic E-state index is 15.2. The summed E-state index contributed by atoms with van der Waals surface area (Å²) in [5, 5.41) is 25.4. The second-order valence-electron chi connectivity index (χ2n) is 23.1. The molecule has 3 aromatic rings. The lowest BCUT2D eigenvalue weighted by molar-refractivity contribution is -0.220. The van der Waals surface area contributed by atoms with Crippen molar-refractivity contribution in [2.24, 2.45) is 44.8 Å². The highest BCUT2D eigenvalue weighted by molar-refractivity contribution is 6.02. The molecule has 10 unspecified atom stereocenters. The highest BCUT2D eigenvalue weighted by Crippen LogP contribution is 2.75. The van der Waals surface area contributed by atoms with E-state index in [1.165, 1.54) is 33.3 Å². The molecule has 5 fully saturated rings. The predicted octanol–water partition coefficient (Wildman–Crippen LogP) is 9.34. The third-order valence-electron chi connectivity index (χ3n) is 18.8. The van der Waals surface area contributed by atoms with Crippen LogP contribution in [0.2, 0.25) is 0 Å². The molecule has 5 heterocycles. The number of aryl methyl sites for hydroxylation is 2. The summed E-state index contributed by atoms with van der Waals surface area (Å²) in [5.41, 5.74) is 8.27. The Morgan fingerprint density at radius 1 is 0.950 bits per heavy atom. The van der Waals surface area contributed by atoms with Crippen LogP contribution in [0.25, 0.3) is 11.0 Å². The topological polar surface area (TPSA) is 117 Å². The number of rotatable bonds is 6. The number of nitrogens with one attached hydrogen (secondary N) is 1. The number of benzene rings is 1. The van der Waals surface area contributed by atoms with Gasteiger partial charge in [0, 0.05) is 73.7 Å². The maximum Gasteiger partial charge on any atom is 0.160 e. The Hall–Kier alpha value is -3.04. The number of epoxide rings is 1. The molecular formula is C52H70N2O6. The minimum absolute atomic E-state index is 0.0883. The van der Waals surface area contributed by atoms with E-state index in [0.717, 1.165) is 74.8 Å². The van der Waals surface area contributed by atoms with Crippen molar-refractivity contribution in [3.05, 3.63) is 69.6 Å². The van der Waals surface area contributed by atoms with E-state index in [4.69, 9.17) is 9.47 Å². The lowest BCUT2D eigenvalue weighted by atomic mass is 9.34. The molecule has 60 heavy (non-hydrogen) atoms. The number of hydrogen-bond donors (Lipinski definition) is 3. The molecule has 2 aromatic heterocycles. The first-order valence-electron chi connectivity index (χ1n) is 23.4. The molecule has 7 aliphatic rings. The smallest absolute Gasteiger partial charge is 0.160 e. The van der Waals surface area contributed by atoms with E-state index < -0.39 is 34.1 Å². The number of ketones is 2. The van der Waals surface area contributed by atoms with Crippen LogP contribution in [0, 0.1) is 51.8 Å². The van der Waals surface area contributed by atoms with Crippen LogP contribution in [0.15, 0.2) is 41.7 Å². The van der Waals surface area contributed by atoms with Gasteiger partial charge in [-0.25, -0.2) is 0 Å². The number of allylic oxidation sites excluding steroid dienone is 1. The molecule has 8 heteroatoms. The molecule has 3 saturated carbocycles. The molecule has 0 spiro atoms. The maximum atomic E-state index is 15.2. The Morgan fingerprint density at radius 2 is 1.68 bits per heavy atom. The summed E-state index contributed by atoms with van der Waals surface area (Å²) in [6.45, 7) is 22.2. The fraction of sp³-hybridized carbons (Fsp3) is 0.692. The number of fused-ring (bicyclic) bond motifs is 4. The fourth-order valence-corrected chi connectivity index (χ4v) is 15.6. The molecular weight excluding hydrogens is 749 g/mol. The minimum atomic E-state index is -0.714. The summed E-state index contributed by atoms with van der Waals surface area (Å²) >= 11 is 0. The number of carbonyl (C=O) groups excluding carboxylic acids is 2. The summed E-state index contributed by atoms with van der Waals surface area (Å²) in [6.07, 6.45) is 11.2. The van der Waals surface area contributed by atoms with E-state index in [0.29, 0.717) is 43.9 Å². The Labute approximate surface area is 357 Å². The SMILES string of the molecule is Cc1cc(Cc2cn3c4c(c[nH]c24)CCC(C)(CC(O)C2OC2(C)C)C2=C4C(C3)C(O)C3C5(C)CCC(=O)C(C)(C)C5CCC3(C)C4(C)CC2=O)cc(C2CCOCC2)c1. The lowest BCUT2D eigenvalue weighted by Crippen LogP contribution is -2.67. The van der Waals surface area contributed by atoms with Gasteiger partial charge in [-0.1, -0.05) is 65.3 Å². The van der Waals surface area contributed by atoms with E-state index in [1.54, 1.807) is 0 Å². The first kappa shape index (κ1) is 41.0. The predicted molar refractivity (Wildman–Crippen MR) is 234 cm³/mol. The van der Waals surface area contributed by atoms with Gasteiger partial charge in [-0.05, 0) is 134 Å². The van der Waals surface area contributed by atoms with Crippen molar-refractivity contribution in [3.63, 3.8) is 0 Å². The monoisotopic (exact) mass is 819 g/mol. The standard InChI is InChI=1S/C52H70N2O6/c1-29-20-30(22-33(21-29)31-13-18-59-19-14-31)23-34-27-54-28-35-40-41(49(6,24-37(56)46-48(4,5)60-46)15-10-32-26-53-42(34)43(32)54)36(55)25-52(40,9)51(8)17-11-38-47(2,3)39(57)12-16-50(38,7)45(51)44(35)58/h20-22,26-27,31,35,37-38,44-46,53,56,58H,10-19,23-25,28H2,1-9H3. The first-order chi connectivity index (χ1) is 28.2. The molecule has 10 rings (SSSR count). The van der Waals surface area contributed by atoms with Crippen LogP contribution in [0.5, 0.6) is 0 Å². The second kappa shape index (κ2) is 13.5. The number of Topliss-reactive ketones (excluding diaryl/α,β-unsaturated/α-hetero) is 2. The molecule has 0 amide bonds. The van der Waals surface area contributed by atoms with Gasteiger partial charge in [0.25, 0.3) is 0 Å². The van der Waals surface area contributed by atoms with Gasteiger partial charge in [-0.3, -0.25) is 9.59 Å². The number of hydrogen-bond acceptors (Lipinski definition) is 6. The van der Waals surface area contributed by atoms with Crippen molar-refractivity contribution in [1.82, 2.24) is 9.55 Å². The molecule has 4 aliphatic carbocycles. The van der Waals surface area contributed by atoms with Crippen molar-refractivity contribution in [3.8, 4) is 0 Å². The Balaban J connectivity index is 1.13. The Morgan fingerprint density at radius 3 is 2.40 bits per heavy atom. The van der Waals surface area contributed by atoms with Crippen LogP contribution < -0.4 is 0 Å². The zero-order valence-electron chi connectivity index (χ0n) is 37.8. The summed E-state index contributed by atoms with van der Waals surface area (Å²) in [4.78, 5) is 32.5. The van der Waals surface area contributed by atoms with Crippen LogP contribution in [0.1, 0.15) is 147 Å². The number of aliphatic hydroxyl groups is 2. The molecule has 3 aliphatic heterocycles. The number of ether oxygens (including phenoxy) is 2. The number of carbonyl (C=O) groups is 2. The average Bonchev–Trinajstić information content (AvgIpc) is 3.43.